The normalized spacial score (nSPS) is 23.6. The fourth-order valence-electron chi connectivity index (χ4n) is 4.25. The minimum atomic E-state index is -3.64. The molecule has 1 saturated carbocycles. The smallest absolute Gasteiger partial charge is 0.245 e. The second-order valence-electron chi connectivity index (χ2n) is 8.35. The quantitative estimate of drug-likeness (QED) is 0.794. The molecule has 1 N–H and O–H groups in total. The molecule has 8 heteroatoms. The fourth-order valence-corrected chi connectivity index (χ4v) is 5.92. The zero-order valence-corrected chi connectivity index (χ0v) is 17.5. The summed E-state index contributed by atoms with van der Waals surface area (Å²) in [6, 6.07) is 6.62. The molecule has 158 valence electrons. The topological polar surface area (TPSA) is 86.8 Å². The van der Waals surface area contributed by atoms with Crippen LogP contribution in [0.2, 0.25) is 0 Å². The van der Waals surface area contributed by atoms with Gasteiger partial charge in [0.1, 0.15) is 4.90 Å². The Bertz CT molecular complexity index is 876. The number of piperidine rings is 2. The average molecular weight is 420 g/mol. The van der Waals surface area contributed by atoms with Gasteiger partial charge >= 0.3 is 0 Å². The lowest BCUT2D eigenvalue weighted by Gasteiger charge is -2.32. The average Bonchev–Trinajstić information content (AvgIpc) is 3.59. The van der Waals surface area contributed by atoms with E-state index in [9.17, 15) is 18.0 Å². The van der Waals surface area contributed by atoms with Crippen LogP contribution in [0.15, 0.2) is 29.2 Å². The van der Waals surface area contributed by atoms with Crippen LogP contribution in [0.5, 0.6) is 0 Å². The first-order valence-corrected chi connectivity index (χ1v) is 12.1. The van der Waals surface area contributed by atoms with Crippen LogP contribution >= 0.6 is 0 Å². The lowest BCUT2D eigenvalue weighted by Crippen LogP contribution is -2.44. The van der Waals surface area contributed by atoms with Gasteiger partial charge in [-0.1, -0.05) is 18.6 Å². The summed E-state index contributed by atoms with van der Waals surface area (Å²) in [4.78, 5) is 27.2. The minimum Gasteiger partial charge on any atom is -0.342 e. The molecule has 1 aliphatic carbocycles. The molecule has 3 aliphatic rings. The largest absolute Gasteiger partial charge is 0.342 e. The number of benzene rings is 1. The monoisotopic (exact) mass is 419 g/mol. The third kappa shape index (κ3) is 4.48. The third-order valence-corrected chi connectivity index (χ3v) is 8.07. The van der Waals surface area contributed by atoms with E-state index in [-0.39, 0.29) is 28.5 Å². The van der Waals surface area contributed by atoms with Crippen LogP contribution in [0.3, 0.4) is 0 Å². The lowest BCUT2D eigenvalue weighted by molar-refractivity contribution is -0.135. The number of nitrogens with zero attached hydrogens (tertiary/aromatic N) is 2. The molecule has 0 bridgehead atoms. The van der Waals surface area contributed by atoms with E-state index < -0.39 is 10.0 Å². The van der Waals surface area contributed by atoms with E-state index in [4.69, 9.17) is 0 Å². The zero-order chi connectivity index (χ0) is 20.4. The minimum absolute atomic E-state index is 0.146. The van der Waals surface area contributed by atoms with E-state index >= 15 is 0 Å². The second kappa shape index (κ2) is 8.44. The first-order chi connectivity index (χ1) is 14.0. The Morgan fingerprint density at radius 3 is 2.34 bits per heavy atom. The number of carbonyl (C=O) groups excluding carboxylic acids is 2. The summed E-state index contributed by atoms with van der Waals surface area (Å²) in [7, 11) is -3.64. The first-order valence-electron chi connectivity index (χ1n) is 10.7. The molecule has 4 rings (SSSR count). The Kier molecular flexibility index (Phi) is 5.92. The Labute approximate surface area is 172 Å². The molecule has 0 radical (unpaired) electrons. The van der Waals surface area contributed by atoms with Crippen LogP contribution in [0, 0.1) is 11.8 Å². The van der Waals surface area contributed by atoms with E-state index in [1.54, 1.807) is 24.3 Å². The molecule has 0 aromatic heterocycles. The number of hydrogen-bond donors (Lipinski definition) is 1. The first kappa shape index (κ1) is 20.3. The van der Waals surface area contributed by atoms with Gasteiger partial charge in [0.2, 0.25) is 21.8 Å². The third-order valence-electron chi connectivity index (χ3n) is 6.11. The highest BCUT2D eigenvalue weighted by molar-refractivity contribution is 7.89. The van der Waals surface area contributed by atoms with Gasteiger partial charge in [-0.25, -0.2) is 8.42 Å². The summed E-state index contributed by atoms with van der Waals surface area (Å²) in [5.41, 5.74) is 0.328. The van der Waals surface area contributed by atoms with Gasteiger partial charge in [-0.3, -0.25) is 9.59 Å². The second-order valence-corrected chi connectivity index (χ2v) is 10.3. The molecular formula is C21H29N3O4S. The van der Waals surface area contributed by atoms with Crippen molar-refractivity contribution in [1.82, 2.24) is 9.21 Å². The molecule has 2 amide bonds. The molecule has 2 aliphatic heterocycles. The highest BCUT2D eigenvalue weighted by Crippen LogP contribution is 2.33. The summed E-state index contributed by atoms with van der Waals surface area (Å²) in [6.07, 6.45) is 6.18. The molecule has 3 fully saturated rings. The van der Waals surface area contributed by atoms with Crippen LogP contribution in [-0.4, -0.2) is 55.6 Å². The zero-order valence-electron chi connectivity index (χ0n) is 16.7. The Balaban J connectivity index is 1.48. The number of sulfonamides is 1. The molecule has 2 heterocycles. The predicted octanol–water partition coefficient (Wildman–Crippen LogP) is 2.45. The van der Waals surface area contributed by atoms with Crippen molar-refractivity contribution >= 4 is 27.5 Å². The van der Waals surface area contributed by atoms with E-state index in [0.717, 1.165) is 38.5 Å². The molecule has 1 atom stereocenters. The number of hydrogen-bond acceptors (Lipinski definition) is 4. The molecule has 29 heavy (non-hydrogen) atoms. The van der Waals surface area contributed by atoms with Crippen molar-refractivity contribution in [3.8, 4) is 0 Å². The number of rotatable bonds is 5. The number of anilines is 1. The summed E-state index contributed by atoms with van der Waals surface area (Å²) < 4.78 is 27.7. The summed E-state index contributed by atoms with van der Waals surface area (Å²) >= 11 is 0. The van der Waals surface area contributed by atoms with E-state index in [2.05, 4.69) is 5.32 Å². The van der Waals surface area contributed by atoms with Gasteiger partial charge in [-0.15, -0.1) is 0 Å². The molecule has 1 aromatic rings. The molecule has 1 aromatic carbocycles. The standard InChI is InChI=1S/C21H29N3O4S/c25-20(17-7-6-12-23(15-17)21(26)16-10-11-16)22-18-8-2-3-9-19(18)29(27,28)24-13-4-1-5-14-24/h2-3,8-9,16-17H,1,4-7,10-15H2,(H,22,25). The maximum atomic E-state index is 13.1. The van der Waals surface area contributed by atoms with Crippen LogP contribution in [0.4, 0.5) is 5.69 Å². The van der Waals surface area contributed by atoms with Crippen molar-refractivity contribution in [2.75, 3.05) is 31.5 Å². The van der Waals surface area contributed by atoms with Gasteiger partial charge in [0.05, 0.1) is 11.6 Å². The number of carbonyl (C=O) groups is 2. The van der Waals surface area contributed by atoms with Gasteiger partial charge in [0.15, 0.2) is 0 Å². The van der Waals surface area contributed by atoms with Gasteiger partial charge in [0.25, 0.3) is 0 Å². The van der Waals surface area contributed by atoms with Crippen molar-refractivity contribution in [1.29, 1.82) is 0 Å². The lowest BCUT2D eigenvalue weighted by atomic mass is 9.96. The summed E-state index contributed by atoms with van der Waals surface area (Å²) in [6.45, 7) is 2.16. The Morgan fingerprint density at radius 1 is 0.897 bits per heavy atom. The van der Waals surface area contributed by atoms with Crippen molar-refractivity contribution < 1.29 is 18.0 Å². The molecule has 0 spiro atoms. The van der Waals surface area contributed by atoms with Gasteiger partial charge in [-0.05, 0) is 50.7 Å². The van der Waals surface area contributed by atoms with E-state index in [1.807, 2.05) is 4.90 Å². The van der Waals surface area contributed by atoms with Crippen LogP contribution < -0.4 is 5.32 Å². The SMILES string of the molecule is O=C(Nc1ccccc1S(=O)(=O)N1CCCCC1)C1CCCN(C(=O)C2CC2)C1. The maximum Gasteiger partial charge on any atom is 0.245 e. The number of amides is 2. The number of likely N-dealkylation sites (tertiary alicyclic amines) is 1. The highest BCUT2D eigenvalue weighted by atomic mass is 32.2. The molecule has 7 nitrogen and oxygen atoms in total. The van der Waals surface area contributed by atoms with Crippen LogP contribution in [0.1, 0.15) is 44.9 Å². The van der Waals surface area contributed by atoms with Crippen molar-refractivity contribution in [3.63, 3.8) is 0 Å². The van der Waals surface area contributed by atoms with E-state index in [1.165, 1.54) is 4.31 Å². The molecule has 2 saturated heterocycles. The molecular weight excluding hydrogens is 390 g/mol. The van der Waals surface area contributed by atoms with Crippen molar-refractivity contribution in [2.24, 2.45) is 11.8 Å². The Morgan fingerprint density at radius 2 is 1.62 bits per heavy atom. The predicted molar refractivity (Wildman–Crippen MR) is 110 cm³/mol. The number of para-hydroxylation sites is 1. The van der Waals surface area contributed by atoms with Crippen LogP contribution in [-0.2, 0) is 19.6 Å². The van der Waals surface area contributed by atoms with Crippen molar-refractivity contribution in [3.05, 3.63) is 24.3 Å². The fraction of sp³-hybridized carbons (Fsp3) is 0.619. The number of nitrogens with one attached hydrogen (secondary N) is 1. The molecule has 1 unspecified atom stereocenters. The Hall–Kier alpha value is -1.93. The van der Waals surface area contributed by atoms with E-state index in [0.29, 0.717) is 38.3 Å². The maximum absolute atomic E-state index is 13.1. The van der Waals surface area contributed by atoms with Crippen LogP contribution in [0.25, 0.3) is 0 Å². The summed E-state index contributed by atoms with van der Waals surface area (Å²) in [5.74, 6) is -0.209. The van der Waals surface area contributed by atoms with Crippen molar-refractivity contribution in [2.45, 2.75) is 49.8 Å². The van der Waals surface area contributed by atoms with Gasteiger partial charge < -0.3 is 10.2 Å². The van der Waals surface area contributed by atoms with Gasteiger partial charge in [-0.2, -0.15) is 4.31 Å². The van der Waals surface area contributed by atoms with Gasteiger partial charge in [0, 0.05) is 32.1 Å². The highest BCUT2D eigenvalue weighted by Gasteiger charge is 2.37. The summed E-state index contributed by atoms with van der Waals surface area (Å²) in [5, 5.41) is 2.85.